The number of hydrogen-bond donors (Lipinski definition) is 1. The van der Waals surface area contributed by atoms with Gasteiger partial charge in [0.2, 0.25) is 0 Å². The van der Waals surface area contributed by atoms with Crippen molar-refractivity contribution in [2.75, 3.05) is 6.54 Å². The molecule has 0 spiro atoms. The van der Waals surface area contributed by atoms with E-state index >= 15 is 0 Å². The van der Waals surface area contributed by atoms with Crippen molar-refractivity contribution in [1.82, 2.24) is 14.7 Å². The maximum atomic E-state index is 13.3. The van der Waals surface area contributed by atoms with Gasteiger partial charge in [0.05, 0.1) is 29.5 Å². The molecule has 2 aromatic rings. The molecule has 6 nitrogen and oxygen atoms in total. The fourth-order valence-electron chi connectivity index (χ4n) is 3.60. The van der Waals surface area contributed by atoms with E-state index in [9.17, 15) is 9.90 Å². The Kier molecular flexibility index (Phi) is 5.79. The van der Waals surface area contributed by atoms with Gasteiger partial charge >= 0.3 is 0 Å². The van der Waals surface area contributed by atoms with Crippen LogP contribution in [0, 0.1) is 0 Å². The molecule has 0 radical (unpaired) electrons. The molecule has 2 atom stereocenters. The van der Waals surface area contributed by atoms with Crippen molar-refractivity contribution >= 4 is 5.91 Å². The number of rotatable bonds is 5. The SMILES string of the molecule is CC(C)Oc1ccccc1C(=O)N1C[C@H](n2cc(C(C)(C)O)cn2)CC[C@H]1C. The monoisotopic (exact) mass is 385 g/mol. The third-order valence-corrected chi connectivity index (χ3v) is 5.28. The van der Waals surface area contributed by atoms with Crippen molar-refractivity contribution in [1.29, 1.82) is 0 Å². The first-order valence-electron chi connectivity index (χ1n) is 10.0. The second-order valence-corrected chi connectivity index (χ2v) is 8.47. The number of hydrogen-bond acceptors (Lipinski definition) is 4. The highest BCUT2D eigenvalue weighted by Crippen LogP contribution is 2.30. The summed E-state index contributed by atoms with van der Waals surface area (Å²) in [6, 6.07) is 7.68. The van der Waals surface area contributed by atoms with Gasteiger partial charge in [-0.1, -0.05) is 12.1 Å². The zero-order valence-corrected chi connectivity index (χ0v) is 17.4. The topological polar surface area (TPSA) is 67.6 Å². The molecular weight excluding hydrogens is 354 g/mol. The number of aromatic nitrogens is 2. The van der Waals surface area contributed by atoms with E-state index in [-0.39, 0.29) is 24.1 Å². The fourth-order valence-corrected chi connectivity index (χ4v) is 3.60. The first-order chi connectivity index (χ1) is 13.2. The number of amides is 1. The Morgan fingerprint density at radius 1 is 1.29 bits per heavy atom. The van der Waals surface area contributed by atoms with E-state index in [1.54, 1.807) is 20.0 Å². The summed E-state index contributed by atoms with van der Waals surface area (Å²) >= 11 is 0. The van der Waals surface area contributed by atoms with Gasteiger partial charge in [-0.2, -0.15) is 5.10 Å². The molecule has 2 heterocycles. The number of benzene rings is 1. The molecule has 1 amide bonds. The summed E-state index contributed by atoms with van der Waals surface area (Å²) in [7, 11) is 0. The van der Waals surface area contributed by atoms with Gasteiger partial charge in [0.1, 0.15) is 5.75 Å². The normalized spacial score (nSPS) is 20.5. The minimum Gasteiger partial charge on any atom is -0.490 e. The average Bonchev–Trinajstić information content (AvgIpc) is 3.12. The van der Waals surface area contributed by atoms with Gasteiger partial charge in [0.15, 0.2) is 0 Å². The predicted octanol–water partition coefficient (Wildman–Crippen LogP) is 3.76. The van der Waals surface area contributed by atoms with Crippen molar-refractivity contribution in [2.24, 2.45) is 0 Å². The molecule has 152 valence electrons. The first kappa shape index (κ1) is 20.4. The van der Waals surface area contributed by atoms with Crippen LogP contribution in [-0.2, 0) is 5.60 Å². The fraction of sp³-hybridized carbons (Fsp3) is 0.545. The quantitative estimate of drug-likeness (QED) is 0.851. The average molecular weight is 386 g/mol. The second-order valence-electron chi connectivity index (χ2n) is 8.47. The first-order valence-corrected chi connectivity index (χ1v) is 10.0. The Balaban J connectivity index is 1.82. The van der Waals surface area contributed by atoms with Crippen LogP contribution in [0.1, 0.15) is 69.4 Å². The van der Waals surface area contributed by atoms with Crippen LogP contribution in [-0.4, -0.2) is 44.4 Å². The largest absolute Gasteiger partial charge is 0.490 e. The molecule has 0 saturated carbocycles. The van der Waals surface area contributed by atoms with E-state index in [4.69, 9.17) is 4.74 Å². The van der Waals surface area contributed by atoms with Crippen LogP contribution in [0.3, 0.4) is 0 Å². The summed E-state index contributed by atoms with van der Waals surface area (Å²) in [5, 5.41) is 14.7. The number of piperidine rings is 1. The number of carbonyl (C=O) groups is 1. The van der Waals surface area contributed by atoms with Crippen LogP contribution in [0.4, 0.5) is 0 Å². The summed E-state index contributed by atoms with van der Waals surface area (Å²) < 4.78 is 7.74. The molecule has 1 saturated heterocycles. The third-order valence-electron chi connectivity index (χ3n) is 5.28. The van der Waals surface area contributed by atoms with Crippen molar-refractivity contribution in [3.8, 4) is 5.75 Å². The summed E-state index contributed by atoms with van der Waals surface area (Å²) in [6.07, 6.45) is 5.45. The number of aliphatic hydroxyl groups is 1. The van der Waals surface area contributed by atoms with Gasteiger partial charge in [0.25, 0.3) is 5.91 Å². The standard InChI is InChI=1S/C22H31N3O3/c1-15(2)28-20-9-7-6-8-19(20)21(26)24-14-18(11-10-16(24)3)25-13-17(12-23-25)22(4,5)27/h6-9,12-13,15-16,18,27H,10-11,14H2,1-5H3/t16-,18-/m1/s1. The lowest BCUT2D eigenvalue weighted by molar-refractivity contribution is 0.0551. The van der Waals surface area contributed by atoms with Crippen LogP contribution in [0.15, 0.2) is 36.7 Å². The summed E-state index contributed by atoms with van der Waals surface area (Å²) in [5.74, 6) is 0.614. The maximum absolute atomic E-state index is 13.3. The summed E-state index contributed by atoms with van der Waals surface area (Å²) in [5.41, 5.74) is 0.448. The molecule has 1 aliphatic rings. The van der Waals surface area contributed by atoms with E-state index in [2.05, 4.69) is 12.0 Å². The highest BCUT2D eigenvalue weighted by Gasteiger charge is 2.32. The number of nitrogens with zero attached hydrogens (tertiary/aromatic N) is 3. The van der Waals surface area contributed by atoms with Gasteiger partial charge in [-0.05, 0) is 59.6 Å². The van der Waals surface area contributed by atoms with Gasteiger partial charge in [-0.15, -0.1) is 0 Å². The Hall–Kier alpha value is -2.34. The third kappa shape index (κ3) is 4.38. The van der Waals surface area contributed by atoms with E-state index in [0.29, 0.717) is 17.9 Å². The molecule has 3 rings (SSSR count). The highest BCUT2D eigenvalue weighted by atomic mass is 16.5. The summed E-state index contributed by atoms with van der Waals surface area (Å²) in [6.45, 7) is 10.1. The van der Waals surface area contributed by atoms with Gasteiger partial charge in [-0.25, -0.2) is 0 Å². The Morgan fingerprint density at radius 3 is 2.64 bits per heavy atom. The predicted molar refractivity (Wildman–Crippen MR) is 108 cm³/mol. The van der Waals surface area contributed by atoms with Crippen LogP contribution in [0.5, 0.6) is 5.75 Å². The van der Waals surface area contributed by atoms with Crippen LogP contribution >= 0.6 is 0 Å². The lowest BCUT2D eigenvalue weighted by Crippen LogP contribution is -2.46. The Bertz CT molecular complexity index is 822. The Morgan fingerprint density at radius 2 is 2.00 bits per heavy atom. The molecule has 0 aliphatic carbocycles. The Labute approximate surface area is 167 Å². The van der Waals surface area contributed by atoms with E-state index in [1.807, 2.05) is 53.9 Å². The lowest BCUT2D eigenvalue weighted by atomic mass is 9.98. The molecule has 1 aliphatic heterocycles. The van der Waals surface area contributed by atoms with Crippen LogP contribution in [0.2, 0.25) is 0 Å². The van der Waals surface area contributed by atoms with Crippen molar-refractivity contribution in [2.45, 2.75) is 71.2 Å². The molecule has 1 aromatic heterocycles. The maximum Gasteiger partial charge on any atom is 0.257 e. The molecule has 1 fully saturated rings. The number of carbonyl (C=O) groups excluding carboxylic acids is 1. The van der Waals surface area contributed by atoms with E-state index < -0.39 is 5.60 Å². The molecule has 28 heavy (non-hydrogen) atoms. The minimum atomic E-state index is -0.928. The van der Waals surface area contributed by atoms with Gasteiger partial charge < -0.3 is 14.7 Å². The smallest absolute Gasteiger partial charge is 0.257 e. The summed E-state index contributed by atoms with van der Waals surface area (Å²) in [4.78, 5) is 15.2. The van der Waals surface area contributed by atoms with E-state index in [1.165, 1.54) is 0 Å². The highest BCUT2D eigenvalue weighted by molar-refractivity contribution is 5.97. The zero-order valence-electron chi connectivity index (χ0n) is 17.4. The minimum absolute atomic E-state index is 0.00445. The van der Waals surface area contributed by atoms with E-state index in [0.717, 1.165) is 18.4 Å². The number of para-hydroxylation sites is 1. The van der Waals surface area contributed by atoms with Crippen LogP contribution in [0.25, 0.3) is 0 Å². The molecule has 0 unspecified atom stereocenters. The number of ether oxygens (including phenoxy) is 1. The molecular formula is C22H31N3O3. The van der Waals surface area contributed by atoms with Gasteiger partial charge in [0, 0.05) is 24.3 Å². The number of likely N-dealkylation sites (tertiary alicyclic amines) is 1. The molecule has 1 N–H and O–H groups in total. The van der Waals surface area contributed by atoms with Crippen molar-refractivity contribution in [3.63, 3.8) is 0 Å². The zero-order chi connectivity index (χ0) is 20.5. The van der Waals surface area contributed by atoms with Crippen molar-refractivity contribution in [3.05, 3.63) is 47.8 Å². The van der Waals surface area contributed by atoms with Crippen molar-refractivity contribution < 1.29 is 14.6 Å². The molecule has 0 bridgehead atoms. The van der Waals surface area contributed by atoms with Gasteiger partial charge in [-0.3, -0.25) is 9.48 Å². The molecule has 1 aromatic carbocycles. The molecule has 6 heteroatoms. The second kappa shape index (κ2) is 7.95. The lowest BCUT2D eigenvalue weighted by Gasteiger charge is -2.38. The van der Waals surface area contributed by atoms with Crippen LogP contribution < -0.4 is 4.74 Å².